The van der Waals surface area contributed by atoms with Gasteiger partial charge in [0.25, 0.3) is 0 Å². The van der Waals surface area contributed by atoms with Crippen molar-refractivity contribution < 1.29 is 0 Å². The maximum absolute atomic E-state index is 6.07. The molecule has 2 aromatic rings. The lowest BCUT2D eigenvalue weighted by Gasteiger charge is -2.18. The number of hydrogen-bond acceptors (Lipinski definition) is 1. The Bertz CT molecular complexity index is 497. The van der Waals surface area contributed by atoms with Crippen LogP contribution in [-0.4, -0.2) is 6.54 Å². The molecule has 0 fully saturated rings. The average Bonchev–Trinajstić information content (AvgIpc) is 2.39. The zero-order valence-corrected chi connectivity index (χ0v) is 12.5. The summed E-state index contributed by atoms with van der Waals surface area (Å²) in [4.78, 5) is 2.67. The fraction of sp³-hybridized carbons (Fsp3) is 0.200. The van der Waals surface area contributed by atoms with Gasteiger partial charge in [-0.2, -0.15) is 0 Å². The average molecular weight is 315 g/mol. The molecule has 19 heavy (non-hydrogen) atoms. The van der Waals surface area contributed by atoms with Crippen LogP contribution in [-0.2, 0) is 0 Å². The summed E-state index contributed by atoms with van der Waals surface area (Å²) in [5, 5.41) is 1.48. The molecule has 100 valence electrons. The highest BCUT2D eigenvalue weighted by molar-refractivity contribution is 6.31. The van der Waals surface area contributed by atoms with Gasteiger partial charge in [-0.15, -0.1) is 0 Å². The number of hydrogen-bond donors (Lipinski definition) is 1. The molecule has 0 amide bonds. The monoisotopic (exact) mass is 313 g/mol. The standard InChI is InChI=1S/C15H14Cl3N/c16-13-5-1-3-11(9-13)15(7-8-19-18)12-4-2-6-14(17)10-12/h1-6,9-10,15,19H,7-8H2. The minimum Gasteiger partial charge on any atom is -0.234 e. The first-order chi connectivity index (χ1) is 9.20. The SMILES string of the molecule is ClNCCC(c1cccc(Cl)c1)c1cccc(Cl)c1. The molecule has 0 aliphatic heterocycles. The molecule has 1 nitrogen and oxygen atoms in total. The molecule has 1 N–H and O–H groups in total. The van der Waals surface area contributed by atoms with Gasteiger partial charge in [0.1, 0.15) is 0 Å². The van der Waals surface area contributed by atoms with Crippen molar-refractivity contribution in [3.8, 4) is 0 Å². The highest BCUT2D eigenvalue weighted by Crippen LogP contribution is 2.30. The summed E-state index contributed by atoms with van der Waals surface area (Å²) in [6.07, 6.45) is 0.879. The van der Waals surface area contributed by atoms with Crippen molar-refractivity contribution >= 4 is 35.0 Å². The van der Waals surface area contributed by atoms with Crippen LogP contribution in [0.3, 0.4) is 0 Å². The molecule has 0 heterocycles. The largest absolute Gasteiger partial charge is 0.234 e. The Kier molecular flexibility index (Phi) is 5.53. The predicted molar refractivity (Wildman–Crippen MR) is 83.2 cm³/mol. The summed E-state index contributed by atoms with van der Waals surface area (Å²) in [5.74, 6) is 0.226. The Labute approximate surface area is 128 Å². The Morgan fingerprint density at radius 3 is 1.84 bits per heavy atom. The van der Waals surface area contributed by atoms with Crippen LogP contribution < -0.4 is 4.84 Å². The lowest BCUT2D eigenvalue weighted by atomic mass is 9.88. The molecule has 0 spiro atoms. The van der Waals surface area contributed by atoms with E-state index in [0.29, 0.717) is 6.54 Å². The third kappa shape index (κ3) is 4.12. The van der Waals surface area contributed by atoms with E-state index in [1.54, 1.807) is 0 Å². The van der Waals surface area contributed by atoms with Gasteiger partial charge in [0.15, 0.2) is 0 Å². The van der Waals surface area contributed by atoms with Gasteiger partial charge in [0.05, 0.1) is 0 Å². The lowest BCUT2D eigenvalue weighted by Crippen LogP contribution is -2.09. The third-order valence-electron chi connectivity index (χ3n) is 3.03. The Morgan fingerprint density at radius 2 is 1.42 bits per heavy atom. The number of rotatable bonds is 5. The maximum atomic E-state index is 6.07. The number of benzene rings is 2. The summed E-state index contributed by atoms with van der Waals surface area (Å²) in [6, 6.07) is 15.8. The summed E-state index contributed by atoms with van der Waals surface area (Å²) in [7, 11) is 0. The van der Waals surface area contributed by atoms with Gasteiger partial charge in [-0.25, -0.2) is 4.84 Å². The molecule has 0 bridgehead atoms. The van der Waals surface area contributed by atoms with E-state index in [4.69, 9.17) is 35.0 Å². The minimum absolute atomic E-state index is 0.226. The Morgan fingerprint density at radius 1 is 0.895 bits per heavy atom. The van der Waals surface area contributed by atoms with E-state index >= 15 is 0 Å². The van der Waals surface area contributed by atoms with Crippen molar-refractivity contribution in [2.24, 2.45) is 0 Å². The fourth-order valence-corrected chi connectivity index (χ4v) is 2.68. The van der Waals surface area contributed by atoms with Gasteiger partial charge >= 0.3 is 0 Å². The molecule has 2 aromatic carbocycles. The van der Waals surface area contributed by atoms with Crippen LogP contribution in [0.15, 0.2) is 48.5 Å². The van der Waals surface area contributed by atoms with Gasteiger partial charge in [-0.3, -0.25) is 0 Å². The summed E-state index contributed by atoms with van der Waals surface area (Å²) in [5.41, 5.74) is 2.34. The van der Waals surface area contributed by atoms with E-state index in [2.05, 4.69) is 17.0 Å². The molecule has 0 aromatic heterocycles. The van der Waals surface area contributed by atoms with Crippen molar-refractivity contribution in [2.75, 3.05) is 6.54 Å². The van der Waals surface area contributed by atoms with Crippen molar-refractivity contribution in [1.82, 2.24) is 4.84 Å². The molecule has 0 aliphatic carbocycles. The summed E-state index contributed by atoms with van der Waals surface area (Å²) in [6.45, 7) is 0.714. The van der Waals surface area contributed by atoms with Crippen molar-refractivity contribution in [3.05, 3.63) is 69.7 Å². The van der Waals surface area contributed by atoms with Crippen molar-refractivity contribution in [3.63, 3.8) is 0 Å². The van der Waals surface area contributed by atoms with Crippen LogP contribution in [0.1, 0.15) is 23.5 Å². The van der Waals surface area contributed by atoms with Crippen molar-refractivity contribution in [2.45, 2.75) is 12.3 Å². The zero-order chi connectivity index (χ0) is 13.7. The number of halogens is 3. The first kappa shape index (κ1) is 14.7. The van der Waals surface area contributed by atoms with Crippen LogP contribution in [0.5, 0.6) is 0 Å². The normalized spacial score (nSPS) is 10.9. The van der Waals surface area contributed by atoms with Crippen LogP contribution in [0.2, 0.25) is 10.0 Å². The second-order valence-corrected chi connectivity index (χ2v) is 5.48. The second kappa shape index (κ2) is 7.16. The van der Waals surface area contributed by atoms with E-state index in [0.717, 1.165) is 16.5 Å². The van der Waals surface area contributed by atoms with Gasteiger partial charge in [0, 0.05) is 22.5 Å². The molecule has 0 aliphatic rings. The van der Waals surface area contributed by atoms with E-state index in [9.17, 15) is 0 Å². The van der Waals surface area contributed by atoms with E-state index in [1.807, 2.05) is 36.4 Å². The van der Waals surface area contributed by atoms with E-state index in [-0.39, 0.29) is 5.92 Å². The lowest BCUT2D eigenvalue weighted by molar-refractivity contribution is 0.702. The molecule has 0 radical (unpaired) electrons. The molecule has 0 saturated carbocycles. The molecule has 0 saturated heterocycles. The maximum Gasteiger partial charge on any atom is 0.0408 e. The second-order valence-electron chi connectivity index (χ2n) is 4.33. The smallest absolute Gasteiger partial charge is 0.0408 e. The molecular formula is C15H14Cl3N. The van der Waals surface area contributed by atoms with Gasteiger partial charge in [0.2, 0.25) is 0 Å². The van der Waals surface area contributed by atoms with Crippen molar-refractivity contribution in [1.29, 1.82) is 0 Å². The number of nitrogens with one attached hydrogen (secondary N) is 1. The van der Waals surface area contributed by atoms with Crippen LogP contribution >= 0.6 is 35.0 Å². The summed E-state index contributed by atoms with van der Waals surface area (Å²) >= 11 is 17.7. The Balaban J connectivity index is 2.35. The summed E-state index contributed by atoms with van der Waals surface area (Å²) < 4.78 is 0. The van der Waals surface area contributed by atoms with Crippen LogP contribution in [0.25, 0.3) is 0 Å². The molecule has 0 atom stereocenters. The van der Waals surface area contributed by atoms with Crippen LogP contribution in [0.4, 0.5) is 0 Å². The molecule has 4 heteroatoms. The molecule has 0 unspecified atom stereocenters. The van der Waals surface area contributed by atoms with Gasteiger partial charge in [-0.1, -0.05) is 47.5 Å². The highest BCUT2D eigenvalue weighted by Gasteiger charge is 2.14. The Hall–Kier alpha value is -0.730. The fourth-order valence-electron chi connectivity index (χ4n) is 2.17. The molecule has 2 rings (SSSR count). The first-order valence-electron chi connectivity index (χ1n) is 6.05. The predicted octanol–water partition coefficient (Wildman–Crippen LogP) is 5.26. The van der Waals surface area contributed by atoms with E-state index in [1.165, 1.54) is 11.1 Å². The van der Waals surface area contributed by atoms with Gasteiger partial charge in [-0.05, 0) is 53.6 Å². The van der Waals surface area contributed by atoms with Gasteiger partial charge < -0.3 is 0 Å². The van der Waals surface area contributed by atoms with E-state index < -0.39 is 0 Å². The minimum atomic E-state index is 0.226. The first-order valence-corrected chi connectivity index (χ1v) is 7.18. The molecular weight excluding hydrogens is 301 g/mol. The quantitative estimate of drug-likeness (QED) is 0.742. The highest BCUT2D eigenvalue weighted by atomic mass is 35.5. The van der Waals surface area contributed by atoms with Crippen LogP contribution in [0, 0.1) is 0 Å². The zero-order valence-electron chi connectivity index (χ0n) is 10.2. The third-order valence-corrected chi connectivity index (χ3v) is 3.69. The topological polar surface area (TPSA) is 12.0 Å².